The van der Waals surface area contributed by atoms with E-state index in [1.54, 1.807) is 0 Å². The van der Waals surface area contributed by atoms with Crippen molar-refractivity contribution in [1.82, 2.24) is 10.2 Å². The number of benzene rings is 1. The number of hydrogen-bond acceptors (Lipinski definition) is 5. The largest absolute Gasteiger partial charge is 0.493 e. The van der Waals surface area contributed by atoms with Crippen LogP contribution in [0.15, 0.2) is 28.7 Å². The minimum absolute atomic E-state index is 0.515. The van der Waals surface area contributed by atoms with Gasteiger partial charge in [0.15, 0.2) is 0 Å². The van der Waals surface area contributed by atoms with Crippen LogP contribution in [0, 0.1) is 6.92 Å². The third-order valence-corrected chi connectivity index (χ3v) is 2.44. The summed E-state index contributed by atoms with van der Waals surface area (Å²) in [6.45, 7) is 3.07. The Morgan fingerprint density at radius 1 is 1.22 bits per heavy atom. The van der Waals surface area contributed by atoms with Gasteiger partial charge in [-0.25, -0.2) is 0 Å². The fourth-order valence-corrected chi connectivity index (χ4v) is 1.58. The highest BCUT2D eigenvalue weighted by molar-refractivity contribution is 5.27. The van der Waals surface area contributed by atoms with Crippen molar-refractivity contribution in [3.8, 4) is 5.75 Å². The van der Waals surface area contributed by atoms with Gasteiger partial charge in [0.25, 0.3) is 0 Å². The zero-order valence-corrected chi connectivity index (χ0v) is 10.4. The fourth-order valence-electron chi connectivity index (χ4n) is 1.58. The topological polar surface area (TPSA) is 74.2 Å². The molecule has 1 heterocycles. The highest BCUT2D eigenvalue weighted by Gasteiger charge is 2.05. The Labute approximate surface area is 106 Å². The van der Waals surface area contributed by atoms with Gasteiger partial charge in [0.05, 0.1) is 13.0 Å². The third kappa shape index (κ3) is 3.56. The molecule has 0 aliphatic heterocycles. The van der Waals surface area contributed by atoms with E-state index in [0.29, 0.717) is 37.8 Å². The van der Waals surface area contributed by atoms with Crippen molar-refractivity contribution < 1.29 is 9.15 Å². The molecule has 0 radical (unpaired) electrons. The Morgan fingerprint density at radius 2 is 2.00 bits per heavy atom. The minimum Gasteiger partial charge on any atom is -0.493 e. The second kappa shape index (κ2) is 6.16. The summed E-state index contributed by atoms with van der Waals surface area (Å²) in [4.78, 5) is 0. The molecule has 0 unspecified atom stereocenters. The Kier molecular flexibility index (Phi) is 4.30. The second-order valence-electron chi connectivity index (χ2n) is 4.04. The molecule has 2 N–H and O–H groups in total. The molecule has 0 spiro atoms. The van der Waals surface area contributed by atoms with E-state index in [4.69, 9.17) is 14.9 Å². The maximum atomic E-state index is 5.61. The summed E-state index contributed by atoms with van der Waals surface area (Å²) in [6, 6.07) is 7.93. The maximum Gasteiger partial charge on any atom is 0.219 e. The van der Waals surface area contributed by atoms with Crippen LogP contribution >= 0.6 is 0 Å². The molecule has 96 valence electrons. The van der Waals surface area contributed by atoms with Crippen molar-refractivity contribution in [2.45, 2.75) is 19.8 Å². The van der Waals surface area contributed by atoms with Crippen molar-refractivity contribution in [3.05, 3.63) is 41.6 Å². The SMILES string of the molecule is Cc1cccc(OCCc2nnc(CCN)o2)c1. The van der Waals surface area contributed by atoms with Crippen molar-refractivity contribution in [1.29, 1.82) is 0 Å². The molecule has 0 amide bonds. The van der Waals surface area contributed by atoms with Crippen LogP contribution in [-0.2, 0) is 12.8 Å². The van der Waals surface area contributed by atoms with Crippen molar-refractivity contribution in [2.75, 3.05) is 13.2 Å². The standard InChI is InChI=1S/C13H17N3O2/c1-10-3-2-4-11(9-10)17-8-6-13-16-15-12(18-13)5-7-14/h2-4,9H,5-8,14H2,1H3. The summed E-state index contributed by atoms with van der Waals surface area (Å²) >= 11 is 0. The molecule has 1 aromatic carbocycles. The molecule has 0 saturated carbocycles. The molecule has 0 atom stereocenters. The lowest BCUT2D eigenvalue weighted by Gasteiger charge is -2.04. The number of hydrogen-bond donors (Lipinski definition) is 1. The van der Waals surface area contributed by atoms with E-state index in [0.717, 1.165) is 5.75 Å². The number of nitrogens with zero attached hydrogens (tertiary/aromatic N) is 2. The summed E-state index contributed by atoms with van der Waals surface area (Å²) in [7, 11) is 0. The van der Waals surface area contributed by atoms with Gasteiger partial charge in [-0.1, -0.05) is 12.1 Å². The molecule has 2 aromatic rings. The average molecular weight is 247 g/mol. The molecule has 1 aromatic heterocycles. The fraction of sp³-hybridized carbons (Fsp3) is 0.385. The van der Waals surface area contributed by atoms with Crippen LogP contribution in [0.4, 0.5) is 0 Å². The normalized spacial score (nSPS) is 10.6. The van der Waals surface area contributed by atoms with E-state index < -0.39 is 0 Å². The molecule has 0 aliphatic rings. The zero-order chi connectivity index (χ0) is 12.8. The molecule has 0 fully saturated rings. The van der Waals surface area contributed by atoms with Crippen LogP contribution in [0.25, 0.3) is 0 Å². The van der Waals surface area contributed by atoms with Crippen molar-refractivity contribution in [3.63, 3.8) is 0 Å². The van der Waals surface area contributed by atoms with Gasteiger partial charge in [-0.2, -0.15) is 0 Å². The molecule has 0 bridgehead atoms. The minimum atomic E-state index is 0.515. The van der Waals surface area contributed by atoms with Gasteiger partial charge in [-0.3, -0.25) is 0 Å². The van der Waals surface area contributed by atoms with Crippen LogP contribution in [0.3, 0.4) is 0 Å². The van der Waals surface area contributed by atoms with E-state index in [1.165, 1.54) is 5.56 Å². The predicted octanol–water partition coefficient (Wildman–Crippen LogP) is 1.50. The van der Waals surface area contributed by atoms with Crippen LogP contribution in [0.1, 0.15) is 17.3 Å². The second-order valence-corrected chi connectivity index (χ2v) is 4.04. The summed E-state index contributed by atoms with van der Waals surface area (Å²) in [6.07, 6.45) is 1.22. The molecule has 5 nitrogen and oxygen atoms in total. The summed E-state index contributed by atoms with van der Waals surface area (Å²) in [5.41, 5.74) is 6.58. The van der Waals surface area contributed by atoms with Crippen LogP contribution in [-0.4, -0.2) is 23.3 Å². The summed E-state index contributed by atoms with van der Waals surface area (Å²) < 4.78 is 11.0. The van der Waals surface area contributed by atoms with Crippen LogP contribution < -0.4 is 10.5 Å². The number of aryl methyl sites for hydroxylation is 1. The first-order valence-corrected chi connectivity index (χ1v) is 5.98. The summed E-state index contributed by atoms with van der Waals surface area (Å²) in [5, 5.41) is 7.82. The lowest BCUT2D eigenvalue weighted by molar-refractivity contribution is 0.303. The molecular formula is C13H17N3O2. The molecule has 0 aliphatic carbocycles. The monoisotopic (exact) mass is 247 g/mol. The Balaban J connectivity index is 1.81. The van der Waals surface area contributed by atoms with E-state index in [-0.39, 0.29) is 0 Å². The number of rotatable bonds is 6. The van der Waals surface area contributed by atoms with Gasteiger partial charge in [0.1, 0.15) is 5.75 Å². The van der Waals surface area contributed by atoms with E-state index in [1.807, 2.05) is 31.2 Å². The first kappa shape index (κ1) is 12.6. The molecule has 5 heteroatoms. The van der Waals surface area contributed by atoms with Gasteiger partial charge >= 0.3 is 0 Å². The Hall–Kier alpha value is -1.88. The third-order valence-electron chi connectivity index (χ3n) is 2.44. The molecule has 0 saturated heterocycles. The smallest absolute Gasteiger partial charge is 0.219 e. The van der Waals surface area contributed by atoms with E-state index in [9.17, 15) is 0 Å². The van der Waals surface area contributed by atoms with Crippen LogP contribution in [0.5, 0.6) is 5.75 Å². The molecule has 18 heavy (non-hydrogen) atoms. The zero-order valence-electron chi connectivity index (χ0n) is 10.4. The average Bonchev–Trinajstić information content (AvgIpc) is 2.78. The van der Waals surface area contributed by atoms with E-state index >= 15 is 0 Å². The van der Waals surface area contributed by atoms with Gasteiger partial charge in [0.2, 0.25) is 11.8 Å². The maximum absolute atomic E-state index is 5.61. The first-order valence-electron chi connectivity index (χ1n) is 5.98. The lowest BCUT2D eigenvalue weighted by Crippen LogP contribution is -2.02. The van der Waals surface area contributed by atoms with E-state index in [2.05, 4.69) is 10.2 Å². The van der Waals surface area contributed by atoms with Gasteiger partial charge in [-0.05, 0) is 24.6 Å². The van der Waals surface area contributed by atoms with Gasteiger partial charge < -0.3 is 14.9 Å². The molecule has 2 rings (SSSR count). The van der Waals surface area contributed by atoms with Crippen molar-refractivity contribution >= 4 is 0 Å². The Bertz CT molecular complexity index is 496. The highest BCUT2D eigenvalue weighted by atomic mass is 16.5. The van der Waals surface area contributed by atoms with Gasteiger partial charge in [0, 0.05) is 13.0 Å². The lowest BCUT2D eigenvalue weighted by atomic mass is 10.2. The number of nitrogens with two attached hydrogens (primary N) is 1. The predicted molar refractivity (Wildman–Crippen MR) is 67.4 cm³/mol. The molecular weight excluding hydrogens is 230 g/mol. The number of ether oxygens (including phenoxy) is 1. The van der Waals surface area contributed by atoms with Gasteiger partial charge in [-0.15, -0.1) is 10.2 Å². The van der Waals surface area contributed by atoms with Crippen molar-refractivity contribution in [2.24, 2.45) is 5.73 Å². The highest BCUT2D eigenvalue weighted by Crippen LogP contribution is 2.12. The quantitative estimate of drug-likeness (QED) is 0.837. The van der Waals surface area contributed by atoms with Crippen LogP contribution in [0.2, 0.25) is 0 Å². The first-order chi connectivity index (χ1) is 8.78. The number of aromatic nitrogens is 2. The summed E-state index contributed by atoms with van der Waals surface area (Å²) in [5.74, 6) is 2.03. The Morgan fingerprint density at radius 3 is 2.72 bits per heavy atom.